The average molecular weight is 475 g/mol. The minimum absolute atomic E-state index is 0.0346. The molecule has 1 unspecified atom stereocenters. The summed E-state index contributed by atoms with van der Waals surface area (Å²) in [5.74, 6) is -0.0842. The molecule has 0 bridgehead atoms. The molecule has 0 radical (unpaired) electrons. The number of amides is 2. The summed E-state index contributed by atoms with van der Waals surface area (Å²) in [6.07, 6.45) is 0.984. The van der Waals surface area contributed by atoms with E-state index in [-0.39, 0.29) is 36.5 Å². The van der Waals surface area contributed by atoms with Crippen LogP contribution in [0.5, 0.6) is 5.88 Å². The third kappa shape index (κ3) is 5.00. The van der Waals surface area contributed by atoms with Crippen molar-refractivity contribution in [3.8, 4) is 5.88 Å². The van der Waals surface area contributed by atoms with Gasteiger partial charge in [0, 0.05) is 29.1 Å². The number of nitrogens with one attached hydrogen (secondary N) is 1. The van der Waals surface area contributed by atoms with E-state index in [2.05, 4.69) is 20.3 Å². The number of fused-ring (bicyclic) bond motifs is 1. The lowest BCUT2D eigenvalue weighted by molar-refractivity contribution is -0.154. The van der Waals surface area contributed by atoms with Gasteiger partial charge < -0.3 is 19.4 Å². The molecule has 0 fully saturated rings. The van der Waals surface area contributed by atoms with Crippen LogP contribution in [0.25, 0.3) is 0 Å². The maximum atomic E-state index is 13.1. The Morgan fingerprint density at radius 2 is 2.12 bits per heavy atom. The highest BCUT2D eigenvalue weighted by Crippen LogP contribution is 2.34. The zero-order chi connectivity index (χ0) is 24.5. The number of ether oxygens (including phenoxy) is 1. The number of hydrogen-bond acceptors (Lipinski definition) is 7. The number of aromatic nitrogens is 3. The highest BCUT2D eigenvalue weighted by molar-refractivity contribution is 6.01. The van der Waals surface area contributed by atoms with Gasteiger partial charge in [-0.1, -0.05) is 0 Å². The van der Waals surface area contributed by atoms with E-state index in [9.17, 15) is 22.8 Å². The van der Waals surface area contributed by atoms with Crippen LogP contribution in [0.2, 0.25) is 0 Å². The highest BCUT2D eigenvalue weighted by Gasteiger charge is 2.34. The van der Waals surface area contributed by atoms with Crippen LogP contribution in [-0.4, -0.2) is 44.4 Å². The van der Waals surface area contributed by atoms with E-state index in [1.54, 1.807) is 30.9 Å². The molecule has 2 amide bonds. The molecule has 0 saturated heterocycles. The first-order valence-corrected chi connectivity index (χ1v) is 10.2. The van der Waals surface area contributed by atoms with Gasteiger partial charge in [0.05, 0.1) is 25.2 Å². The van der Waals surface area contributed by atoms with Gasteiger partial charge in [0.15, 0.2) is 13.0 Å². The number of hydrogen-bond donors (Lipinski definition) is 1. The summed E-state index contributed by atoms with van der Waals surface area (Å²) in [6, 6.07) is 2.77. The van der Waals surface area contributed by atoms with Gasteiger partial charge in [0.1, 0.15) is 11.6 Å². The lowest BCUT2D eigenvalue weighted by atomic mass is 10.1. The van der Waals surface area contributed by atoms with E-state index in [0.717, 1.165) is 0 Å². The first-order chi connectivity index (χ1) is 16.1. The Kier molecular flexibility index (Phi) is 6.22. The molecule has 3 aromatic rings. The second kappa shape index (κ2) is 9.12. The van der Waals surface area contributed by atoms with E-state index < -0.39 is 18.8 Å². The van der Waals surface area contributed by atoms with E-state index >= 15 is 0 Å². The molecule has 1 aliphatic heterocycles. The zero-order valence-electron chi connectivity index (χ0n) is 18.2. The number of halogens is 3. The van der Waals surface area contributed by atoms with Crippen LogP contribution in [0.3, 0.4) is 0 Å². The fourth-order valence-electron chi connectivity index (χ4n) is 3.63. The van der Waals surface area contributed by atoms with Crippen LogP contribution in [0.4, 0.5) is 19.0 Å². The molecule has 0 aromatic carbocycles. The topological polar surface area (TPSA) is 110 Å². The predicted octanol–water partition coefficient (Wildman–Crippen LogP) is 3.61. The lowest BCUT2D eigenvalue weighted by Gasteiger charge is -2.25. The van der Waals surface area contributed by atoms with Gasteiger partial charge in [-0.15, -0.1) is 0 Å². The molecular formula is C22H20F3N5O4. The Morgan fingerprint density at radius 1 is 1.32 bits per heavy atom. The number of nitrogens with zero attached hydrogens (tertiary/aromatic N) is 4. The van der Waals surface area contributed by atoms with Crippen LogP contribution < -0.4 is 10.1 Å². The summed E-state index contributed by atoms with van der Waals surface area (Å²) in [5.41, 5.74) is 2.02. The minimum atomic E-state index is -4.47. The molecule has 0 spiro atoms. The molecule has 0 saturated carbocycles. The van der Waals surface area contributed by atoms with Crippen molar-refractivity contribution in [3.05, 3.63) is 65.1 Å². The van der Waals surface area contributed by atoms with E-state index in [1.165, 1.54) is 25.0 Å². The van der Waals surface area contributed by atoms with E-state index in [0.29, 0.717) is 28.0 Å². The molecule has 9 nitrogen and oxygen atoms in total. The van der Waals surface area contributed by atoms with Gasteiger partial charge in [-0.05, 0) is 31.5 Å². The van der Waals surface area contributed by atoms with Crippen molar-refractivity contribution >= 4 is 17.6 Å². The van der Waals surface area contributed by atoms with Crippen molar-refractivity contribution in [1.82, 2.24) is 19.9 Å². The third-order valence-corrected chi connectivity index (χ3v) is 5.33. The number of anilines is 1. The standard InChI is InChI=1S/C22H20F3N5O4/c1-12-5-14(7-28-20(12)33-10-22(23,24)25)13(2)30-9-17-16(21(30)32)3-4-27-19(17)29-18(31)6-15-8-26-11-34-15/h3-5,7-8,11,13H,6,9-10H2,1-2H3,(H,27,29,31). The number of rotatable bonds is 7. The summed E-state index contributed by atoms with van der Waals surface area (Å²) in [7, 11) is 0. The molecule has 1 aliphatic rings. The number of pyridine rings is 2. The fourth-order valence-corrected chi connectivity index (χ4v) is 3.63. The Bertz CT molecular complexity index is 1210. The predicted molar refractivity (Wildman–Crippen MR) is 112 cm³/mol. The molecule has 12 heteroatoms. The Labute approximate surface area is 192 Å². The van der Waals surface area contributed by atoms with Crippen molar-refractivity contribution in [2.24, 2.45) is 0 Å². The summed E-state index contributed by atoms with van der Waals surface area (Å²) < 4.78 is 47.1. The summed E-state index contributed by atoms with van der Waals surface area (Å²) >= 11 is 0. The lowest BCUT2D eigenvalue weighted by Crippen LogP contribution is -2.27. The van der Waals surface area contributed by atoms with Gasteiger partial charge in [-0.3, -0.25) is 9.59 Å². The summed E-state index contributed by atoms with van der Waals surface area (Å²) in [6.45, 7) is 2.12. The normalized spacial score (nSPS) is 14.1. The van der Waals surface area contributed by atoms with Crippen LogP contribution in [0.15, 0.2) is 41.5 Å². The quantitative estimate of drug-likeness (QED) is 0.556. The van der Waals surface area contributed by atoms with Gasteiger partial charge >= 0.3 is 6.18 Å². The van der Waals surface area contributed by atoms with Crippen LogP contribution in [0, 0.1) is 6.92 Å². The number of carbonyl (C=O) groups is 2. The Balaban J connectivity index is 1.49. The number of alkyl halides is 3. The molecule has 178 valence electrons. The molecule has 3 aromatic heterocycles. The molecule has 4 rings (SSSR count). The molecule has 4 heterocycles. The van der Waals surface area contributed by atoms with Crippen molar-refractivity contribution in [2.75, 3.05) is 11.9 Å². The maximum Gasteiger partial charge on any atom is 0.422 e. The van der Waals surface area contributed by atoms with Crippen molar-refractivity contribution in [2.45, 2.75) is 39.0 Å². The molecule has 34 heavy (non-hydrogen) atoms. The number of aryl methyl sites for hydroxylation is 1. The summed E-state index contributed by atoms with van der Waals surface area (Å²) in [4.78, 5) is 39.0. The smallest absolute Gasteiger partial charge is 0.422 e. The minimum Gasteiger partial charge on any atom is -0.468 e. The molecule has 1 N–H and O–H groups in total. The van der Waals surface area contributed by atoms with Crippen molar-refractivity contribution in [1.29, 1.82) is 0 Å². The van der Waals surface area contributed by atoms with Gasteiger partial charge in [0.25, 0.3) is 5.91 Å². The molecule has 0 aliphatic carbocycles. The van der Waals surface area contributed by atoms with Crippen LogP contribution in [0.1, 0.15) is 45.8 Å². The number of oxazole rings is 1. The van der Waals surface area contributed by atoms with Crippen LogP contribution in [-0.2, 0) is 17.8 Å². The SMILES string of the molecule is Cc1cc(C(C)N2Cc3c(ccnc3NC(=O)Cc3cnco3)C2=O)cnc1OCC(F)(F)F. The van der Waals surface area contributed by atoms with Gasteiger partial charge in [-0.2, -0.15) is 13.2 Å². The van der Waals surface area contributed by atoms with Crippen molar-refractivity contribution in [3.63, 3.8) is 0 Å². The third-order valence-electron chi connectivity index (χ3n) is 5.33. The largest absolute Gasteiger partial charge is 0.468 e. The maximum absolute atomic E-state index is 13.1. The fraction of sp³-hybridized carbons (Fsp3) is 0.318. The monoisotopic (exact) mass is 475 g/mol. The van der Waals surface area contributed by atoms with Crippen LogP contribution >= 0.6 is 0 Å². The van der Waals surface area contributed by atoms with Gasteiger partial charge in [-0.25, -0.2) is 15.0 Å². The first kappa shape index (κ1) is 23.2. The summed E-state index contributed by atoms with van der Waals surface area (Å²) in [5, 5.41) is 2.71. The average Bonchev–Trinajstić information content (AvgIpc) is 3.40. The second-order valence-electron chi connectivity index (χ2n) is 7.78. The zero-order valence-corrected chi connectivity index (χ0v) is 18.2. The Hall–Kier alpha value is -3.96. The van der Waals surface area contributed by atoms with E-state index in [4.69, 9.17) is 9.15 Å². The second-order valence-corrected chi connectivity index (χ2v) is 7.78. The van der Waals surface area contributed by atoms with Gasteiger partial charge in [0.2, 0.25) is 11.8 Å². The Morgan fingerprint density at radius 3 is 2.79 bits per heavy atom. The molecule has 1 atom stereocenters. The van der Waals surface area contributed by atoms with E-state index in [1.807, 2.05) is 0 Å². The number of carbonyl (C=O) groups excluding carboxylic acids is 2. The molecular weight excluding hydrogens is 455 g/mol. The first-order valence-electron chi connectivity index (χ1n) is 10.2. The van der Waals surface area contributed by atoms with Crippen molar-refractivity contribution < 1.29 is 31.9 Å². The highest BCUT2D eigenvalue weighted by atomic mass is 19.4.